The van der Waals surface area contributed by atoms with E-state index in [9.17, 15) is 10.0 Å². The van der Waals surface area contributed by atoms with Gasteiger partial charge in [-0.2, -0.15) is 0 Å². The molecular formula is C25H37NO4S2. The summed E-state index contributed by atoms with van der Waals surface area (Å²) in [6.45, 7) is 9.68. The van der Waals surface area contributed by atoms with Crippen molar-refractivity contribution in [2.45, 2.75) is 64.0 Å². The predicted octanol–water partition coefficient (Wildman–Crippen LogP) is 6.52. The van der Waals surface area contributed by atoms with Crippen molar-refractivity contribution in [3.05, 3.63) is 51.9 Å². The van der Waals surface area contributed by atoms with Gasteiger partial charge in [-0.15, -0.1) is 23.1 Å². The standard InChI is InChI=1S/C16H23NO4S2.C7H8.C2H6/c1-3-21-14(18)10-13-11-6-4-8-20-9-5-7-12(17-19)15(11)16(22-2)23-13;1-7-5-3-2-4-6-7;1-2/h19H,3-10H2,1-2H3;2-6H,1H3;1-2H3/b17-12+;;. The molecule has 1 aliphatic heterocycles. The second-order valence-electron chi connectivity index (χ2n) is 6.87. The van der Waals surface area contributed by atoms with Crippen molar-refractivity contribution >= 4 is 34.8 Å². The van der Waals surface area contributed by atoms with Crippen LogP contribution < -0.4 is 0 Å². The molecule has 3 rings (SSSR count). The van der Waals surface area contributed by atoms with E-state index in [0.29, 0.717) is 32.0 Å². The topological polar surface area (TPSA) is 68.1 Å². The van der Waals surface area contributed by atoms with Gasteiger partial charge in [0.25, 0.3) is 0 Å². The maximum absolute atomic E-state index is 11.9. The lowest BCUT2D eigenvalue weighted by Crippen LogP contribution is -2.12. The van der Waals surface area contributed by atoms with Gasteiger partial charge in [0.1, 0.15) is 0 Å². The number of rotatable bonds is 4. The lowest BCUT2D eigenvalue weighted by Gasteiger charge is -2.13. The number of nitrogens with zero attached hydrogens (tertiary/aromatic N) is 1. The van der Waals surface area contributed by atoms with Gasteiger partial charge in [0.2, 0.25) is 0 Å². The number of carbonyl (C=O) groups is 1. The van der Waals surface area contributed by atoms with Crippen molar-refractivity contribution in [3.8, 4) is 0 Å². The first-order valence-electron chi connectivity index (χ1n) is 11.3. The molecule has 0 saturated carbocycles. The smallest absolute Gasteiger partial charge is 0.311 e. The molecule has 0 fully saturated rings. The summed E-state index contributed by atoms with van der Waals surface area (Å²) in [5.41, 5.74) is 4.15. The number of aryl methyl sites for hydroxylation is 1. The van der Waals surface area contributed by atoms with Crippen molar-refractivity contribution in [1.29, 1.82) is 0 Å². The molecule has 0 spiro atoms. The number of ether oxygens (including phenoxy) is 2. The summed E-state index contributed by atoms with van der Waals surface area (Å²) in [7, 11) is 0. The molecule has 0 radical (unpaired) electrons. The van der Waals surface area contributed by atoms with Gasteiger partial charge < -0.3 is 14.7 Å². The fourth-order valence-corrected chi connectivity index (χ4v) is 5.39. The number of thioether (sulfide) groups is 1. The van der Waals surface area contributed by atoms with E-state index in [0.717, 1.165) is 39.5 Å². The molecule has 0 atom stereocenters. The first-order valence-corrected chi connectivity index (χ1v) is 13.3. The summed E-state index contributed by atoms with van der Waals surface area (Å²) in [6.07, 6.45) is 5.51. The molecule has 0 unspecified atom stereocenters. The van der Waals surface area contributed by atoms with Gasteiger partial charge >= 0.3 is 5.97 Å². The number of oxime groups is 1. The minimum atomic E-state index is -0.208. The third kappa shape index (κ3) is 9.35. The van der Waals surface area contributed by atoms with Gasteiger partial charge in [-0.3, -0.25) is 4.79 Å². The van der Waals surface area contributed by atoms with Gasteiger partial charge in [-0.1, -0.05) is 54.9 Å². The number of esters is 1. The van der Waals surface area contributed by atoms with Crippen molar-refractivity contribution in [2.75, 3.05) is 26.1 Å². The van der Waals surface area contributed by atoms with E-state index in [1.54, 1.807) is 23.1 Å². The van der Waals surface area contributed by atoms with Crippen molar-refractivity contribution < 1.29 is 19.5 Å². The van der Waals surface area contributed by atoms with Gasteiger partial charge in [0.15, 0.2) is 0 Å². The highest BCUT2D eigenvalue weighted by atomic mass is 32.2. The van der Waals surface area contributed by atoms with Gasteiger partial charge in [-0.25, -0.2) is 0 Å². The fourth-order valence-electron chi connectivity index (χ4n) is 3.23. The molecule has 1 aromatic heterocycles. The largest absolute Gasteiger partial charge is 0.466 e. The molecule has 7 heteroatoms. The van der Waals surface area contributed by atoms with Crippen LogP contribution in [-0.2, 0) is 27.1 Å². The molecule has 2 aromatic rings. The van der Waals surface area contributed by atoms with Crippen molar-refractivity contribution in [2.24, 2.45) is 5.16 Å². The quantitative estimate of drug-likeness (QED) is 0.234. The van der Waals surface area contributed by atoms with Crippen molar-refractivity contribution in [1.82, 2.24) is 0 Å². The Morgan fingerprint density at radius 1 is 1.19 bits per heavy atom. The van der Waals surface area contributed by atoms with E-state index in [1.165, 1.54) is 5.56 Å². The molecule has 178 valence electrons. The summed E-state index contributed by atoms with van der Waals surface area (Å²) in [4.78, 5) is 12.9. The molecule has 1 N–H and O–H groups in total. The highest BCUT2D eigenvalue weighted by Crippen LogP contribution is 2.38. The number of hydrogen-bond acceptors (Lipinski definition) is 7. The zero-order chi connectivity index (χ0) is 23.8. The molecule has 0 saturated heterocycles. The number of thiophene rings is 1. The van der Waals surface area contributed by atoms with Crippen LogP contribution in [0.3, 0.4) is 0 Å². The third-order valence-electron chi connectivity index (χ3n) is 4.62. The van der Waals surface area contributed by atoms with Crippen LogP contribution in [0.1, 0.15) is 61.6 Å². The lowest BCUT2D eigenvalue weighted by molar-refractivity contribution is -0.142. The average molecular weight is 480 g/mol. The Bertz CT molecular complexity index is 819. The van der Waals surface area contributed by atoms with Crippen molar-refractivity contribution in [3.63, 3.8) is 0 Å². The van der Waals surface area contributed by atoms with Gasteiger partial charge in [-0.05, 0) is 51.3 Å². The first kappa shape index (κ1) is 28.2. The minimum Gasteiger partial charge on any atom is -0.466 e. The van der Waals surface area contributed by atoms with E-state index in [2.05, 4.69) is 24.2 Å². The van der Waals surface area contributed by atoms with E-state index in [1.807, 2.05) is 45.2 Å². The molecule has 1 aliphatic rings. The van der Waals surface area contributed by atoms with Crippen LogP contribution in [0.2, 0.25) is 0 Å². The van der Waals surface area contributed by atoms with E-state index in [4.69, 9.17) is 9.47 Å². The van der Waals surface area contributed by atoms with Crippen LogP contribution in [0.25, 0.3) is 0 Å². The van der Waals surface area contributed by atoms with E-state index >= 15 is 0 Å². The summed E-state index contributed by atoms with van der Waals surface area (Å²) < 4.78 is 11.8. The van der Waals surface area contributed by atoms with Crippen LogP contribution >= 0.6 is 23.1 Å². The van der Waals surface area contributed by atoms with Crippen LogP contribution in [0, 0.1) is 6.92 Å². The van der Waals surface area contributed by atoms with E-state index < -0.39 is 0 Å². The maximum Gasteiger partial charge on any atom is 0.311 e. The SMILES string of the molecule is CC.CCOC(=O)Cc1sc(SC)c2c1CCCOCCC/C2=N\O.Cc1ccccc1. The molecule has 2 heterocycles. The zero-order valence-electron chi connectivity index (χ0n) is 20.0. The third-order valence-corrected chi connectivity index (χ3v) is 6.97. The molecule has 32 heavy (non-hydrogen) atoms. The fraction of sp³-hybridized carbons (Fsp3) is 0.520. The number of benzene rings is 1. The Labute approximate surface area is 201 Å². The summed E-state index contributed by atoms with van der Waals surface area (Å²) >= 11 is 3.25. The number of carbonyl (C=O) groups excluding carboxylic acids is 1. The lowest BCUT2D eigenvalue weighted by atomic mass is 9.98. The molecule has 0 aliphatic carbocycles. The Balaban J connectivity index is 0.000000477. The second kappa shape index (κ2) is 16.8. The Morgan fingerprint density at radius 3 is 2.38 bits per heavy atom. The van der Waals surface area contributed by atoms with Gasteiger partial charge in [0.05, 0.1) is 22.9 Å². The predicted molar refractivity (Wildman–Crippen MR) is 136 cm³/mol. The molecule has 0 amide bonds. The van der Waals surface area contributed by atoms with Crippen LogP contribution in [-0.4, -0.2) is 43.0 Å². The number of fused-ring (bicyclic) bond motifs is 1. The van der Waals surface area contributed by atoms with Crippen LogP contribution in [0.15, 0.2) is 39.7 Å². The van der Waals surface area contributed by atoms with Crippen LogP contribution in [0.4, 0.5) is 0 Å². The van der Waals surface area contributed by atoms with E-state index in [-0.39, 0.29) is 12.4 Å². The summed E-state index contributed by atoms with van der Waals surface area (Å²) in [5, 5.41) is 13.0. The summed E-state index contributed by atoms with van der Waals surface area (Å²) in [6, 6.07) is 10.3. The zero-order valence-corrected chi connectivity index (χ0v) is 21.6. The molecule has 5 nitrogen and oxygen atoms in total. The monoisotopic (exact) mass is 479 g/mol. The maximum atomic E-state index is 11.9. The Hall–Kier alpha value is -1.83. The molecular weight excluding hydrogens is 442 g/mol. The Morgan fingerprint density at radius 2 is 1.84 bits per heavy atom. The highest BCUT2D eigenvalue weighted by Gasteiger charge is 2.24. The minimum absolute atomic E-state index is 0.208. The second-order valence-corrected chi connectivity index (χ2v) is 9.05. The first-order chi connectivity index (χ1) is 15.6. The summed E-state index contributed by atoms with van der Waals surface area (Å²) in [5.74, 6) is -0.208. The molecule has 1 aromatic carbocycles. The average Bonchev–Trinajstić information content (AvgIpc) is 3.15. The highest BCUT2D eigenvalue weighted by molar-refractivity contribution is 8.00. The van der Waals surface area contributed by atoms with Crippen LogP contribution in [0.5, 0.6) is 0 Å². The normalized spacial score (nSPS) is 14.8. The number of hydrogen-bond donors (Lipinski definition) is 1. The Kier molecular flexibility index (Phi) is 14.8. The van der Waals surface area contributed by atoms with Gasteiger partial charge in [0, 0.05) is 23.7 Å². The molecule has 0 bridgehead atoms.